The van der Waals surface area contributed by atoms with Gasteiger partial charge in [0.2, 0.25) is 0 Å². The van der Waals surface area contributed by atoms with Gasteiger partial charge in [0.05, 0.1) is 11.9 Å². The second-order valence-corrected chi connectivity index (χ2v) is 3.58. The summed E-state index contributed by atoms with van der Waals surface area (Å²) in [5, 5.41) is 4.45. The quantitative estimate of drug-likeness (QED) is 0.747. The van der Waals surface area contributed by atoms with Crippen LogP contribution in [0.4, 0.5) is 0 Å². The summed E-state index contributed by atoms with van der Waals surface area (Å²) in [6.07, 6.45) is 2.59. The Morgan fingerprint density at radius 3 is 3.08 bits per heavy atom. The highest BCUT2D eigenvalue weighted by atomic mass is 79.9. The van der Waals surface area contributed by atoms with Gasteiger partial charge < -0.3 is 9.26 Å². The van der Waals surface area contributed by atoms with Crippen molar-refractivity contribution in [2.45, 2.75) is 18.2 Å². The van der Waals surface area contributed by atoms with Crippen LogP contribution < -0.4 is 4.74 Å². The monoisotopic (exact) mass is 231 g/mol. The van der Waals surface area contributed by atoms with Gasteiger partial charge in [0.15, 0.2) is 5.76 Å². The van der Waals surface area contributed by atoms with Crippen molar-refractivity contribution in [2.24, 2.45) is 5.92 Å². The van der Waals surface area contributed by atoms with E-state index < -0.39 is 0 Å². The minimum Gasteiger partial charge on any atom is -0.475 e. The predicted octanol–water partition coefficient (Wildman–Crippen LogP) is 2.36. The molecule has 12 heavy (non-hydrogen) atoms. The molecule has 1 heterocycles. The van der Waals surface area contributed by atoms with E-state index in [1.54, 1.807) is 0 Å². The summed E-state index contributed by atoms with van der Waals surface area (Å²) in [5.74, 6) is 2.17. The number of halogens is 1. The normalized spacial score (nSPS) is 16.4. The van der Waals surface area contributed by atoms with Crippen LogP contribution in [0.5, 0.6) is 5.88 Å². The molecule has 1 fully saturated rings. The minimum absolute atomic E-state index is 0.608. The van der Waals surface area contributed by atoms with Crippen LogP contribution in [0, 0.1) is 5.92 Å². The lowest BCUT2D eigenvalue weighted by Gasteiger charge is -1.96. The predicted molar refractivity (Wildman–Crippen MR) is 47.4 cm³/mol. The number of hydrogen-bond acceptors (Lipinski definition) is 3. The molecule has 0 N–H and O–H groups in total. The van der Waals surface area contributed by atoms with Crippen molar-refractivity contribution in [2.75, 3.05) is 6.61 Å². The summed E-state index contributed by atoms with van der Waals surface area (Å²) >= 11 is 3.27. The molecule has 2 rings (SSSR count). The molecule has 0 unspecified atom stereocenters. The molecule has 1 aliphatic carbocycles. The second kappa shape index (κ2) is 3.47. The molecule has 0 aliphatic heterocycles. The van der Waals surface area contributed by atoms with Crippen LogP contribution in [-0.2, 0) is 5.33 Å². The Morgan fingerprint density at radius 2 is 2.50 bits per heavy atom. The Hall–Kier alpha value is -0.510. The van der Waals surface area contributed by atoms with E-state index in [0.717, 1.165) is 18.3 Å². The van der Waals surface area contributed by atoms with E-state index in [-0.39, 0.29) is 0 Å². The lowest BCUT2D eigenvalue weighted by Crippen LogP contribution is -1.98. The summed E-state index contributed by atoms with van der Waals surface area (Å²) in [6.45, 7) is 0.786. The van der Waals surface area contributed by atoms with Gasteiger partial charge in [-0.15, -0.1) is 0 Å². The molecule has 4 heteroatoms. The summed E-state index contributed by atoms with van der Waals surface area (Å²) < 4.78 is 10.3. The van der Waals surface area contributed by atoms with Gasteiger partial charge in [-0.1, -0.05) is 15.9 Å². The Balaban J connectivity index is 1.84. The van der Waals surface area contributed by atoms with Crippen LogP contribution in [0.3, 0.4) is 0 Å². The summed E-state index contributed by atoms with van der Waals surface area (Å²) in [6, 6.07) is 1.82. The fourth-order valence-electron chi connectivity index (χ4n) is 0.913. The van der Waals surface area contributed by atoms with Crippen molar-refractivity contribution >= 4 is 15.9 Å². The first-order valence-electron chi connectivity index (χ1n) is 4.03. The van der Waals surface area contributed by atoms with Gasteiger partial charge in [-0.25, -0.2) is 0 Å². The fraction of sp³-hybridized carbons (Fsp3) is 0.625. The zero-order valence-electron chi connectivity index (χ0n) is 6.62. The molecule has 0 spiro atoms. The standard InChI is InChI=1S/C8H10BrNO2/c9-4-7-3-8(10-12-7)11-5-6-1-2-6/h3,6H,1-2,4-5H2. The van der Waals surface area contributed by atoms with E-state index >= 15 is 0 Å². The molecule has 0 bridgehead atoms. The van der Waals surface area contributed by atoms with Gasteiger partial charge >= 0.3 is 0 Å². The van der Waals surface area contributed by atoms with E-state index in [1.165, 1.54) is 12.8 Å². The zero-order valence-corrected chi connectivity index (χ0v) is 8.21. The average Bonchev–Trinajstić information content (AvgIpc) is 2.81. The Bertz CT molecular complexity index is 257. The van der Waals surface area contributed by atoms with Crippen molar-refractivity contribution in [1.29, 1.82) is 0 Å². The minimum atomic E-state index is 0.608. The first-order chi connectivity index (χ1) is 5.88. The third kappa shape index (κ3) is 2.00. The van der Waals surface area contributed by atoms with Gasteiger partial charge in [0.25, 0.3) is 5.88 Å². The van der Waals surface area contributed by atoms with Crippen molar-refractivity contribution < 1.29 is 9.26 Å². The Morgan fingerprint density at radius 1 is 1.67 bits per heavy atom. The first-order valence-corrected chi connectivity index (χ1v) is 5.15. The molecule has 66 valence electrons. The molecule has 0 aromatic carbocycles. The number of nitrogens with zero attached hydrogens (tertiary/aromatic N) is 1. The van der Waals surface area contributed by atoms with Crippen LogP contribution in [0.25, 0.3) is 0 Å². The number of hydrogen-bond donors (Lipinski definition) is 0. The van der Waals surface area contributed by atoms with Gasteiger partial charge in [0, 0.05) is 6.07 Å². The van der Waals surface area contributed by atoms with Crippen LogP contribution >= 0.6 is 15.9 Å². The van der Waals surface area contributed by atoms with Crippen molar-refractivity contribution in [3.05, 3.63) is 11.8 Å². The highest BCUT2D eigenvalue weighted by molar-refractivity contribution is 9.08. The Labute approximate surface area is 79.2 Å². The first kappa shape index (κ1) is 8.10. The summed E-state index contributed by atoms with van der Waals surface area (Å²) in [5.41, 5.74) is 0. The fourth-order valence-corrected chi connectivity index (χ4v) is 1.18. The van der Waals surface area contributed by atoms with E-state index in [0.29, 0.717) is 11.2 Å². The molecule has 1 saturated carbocycles. The highest BCUT2D eigenvalue weighted by Crippen LogP contribution is 2.29. The van der Waals surface area contributed by atoms with Gasteiger partial charge in [-0.2, -0.15) is 0 Å². The molecule has 1 aromatic heterocycles. The van der Waals surface area contributed by atoms with Gasteiger partial charge in [0.1, 0.15) is 0 Å². The zero-order chi connectivity index (χ0) is 8.39. The molecule has 0 saturated heterocycles. The lowest BCUT2D eigenvalue weighted by atomic mass is 10.5. The molecular formula is C8H10BrNO2. The SMILES string of the molecule is BrCc1cc(OCC2CC2)no1. The smallest absolute Gasteiger partial charge is 0.254 e. The largest absolute Gasteiger partial charge is 0.475 e. The van der Waals surface area contributed by atoms with E-state index in [2.05, 4.69) is 21.1 Å². The summed E-state index contributed by atoms with van der Waals surface area (Å²) in [7, 11) is 0. The molecule has 0 atom stereocenters. The van der Waals surface area contributed by atoms with Crippen LogP contribution in [0.15, 0.2) is 10.6 Å². The van der Waals surface area contributed by atoms with E-state index in [4.69, 9.17) is 9.26 Å². The molecule has 1 aliphatic rings. The molecule has 0 amide bonds. The van der Waals surface area contributed by atoms with Crippen molar-refractivity contribution in [1.82, 2.24) is 5.16 Å². The molecule has 0 radical (unpaired) electrons. The number of alkyl halides is 1. The van der Waals surface area contributed by atoms with Crippen LogP contribution in [-0.4, -0.2) is 11.8 Å². The maximum absolute atomic E-state index is 5.39. The third-order valence-corrected chi connectivity index (χ3v) is 2.39. The molecule has 3 nitrogen and oxygen atoms in total. The average molecular weight is 232 g/mol. The topological polar surface area (TPSA) is 35.3 Å². The third-order valence-electron chi connectivity index (χ3n) is 1.83. The maximum atomic E-state index is 5.39. The van der Waals surface area contributed by atoms with Gasteiger partial charge in [-0.05, 0) is 23.9 Å². The van der Waals surface area contributed by atoms with E-state index in [1.807, 2.05) is 6.07 Å². The van der Waals surface area contributed by atoms with Crippen LogP contribution in [0.2, 0.25) is 0 Å². The second-order valence-electron chi connectivity index (χ2n) is 3.02. The lowest BCUT2D eigenvalue weighted by molar-refractivity contribution is 0.264. The molecular weight excluding hydrogens is 222 g/mol. The number of ether oxygens (including phenoxy) is 1. The van der Waals surface area contributed by atoms with Crippen LogP contribution in [0.1, 0.15) is 18.6 Å². The summed E-state index contributed by atoms with van der Waals surface area (Å²) in [4.78, 5) is 0. The number of aromatic nitrogens is 1. The highest BCUT2D eigenvalue weighted by Gasteiger charge is 2.22. The van der Waals surface area contributed by atoms with Crippen molar-refractivity contribution in [3.63, 3.8) is 0 Å². The maximum Gasteiger partial charge on any atom is 0.254 e. The Kier molecular flexibility index (Phi) is 2.35. The van der Waals surface area contributed by atoms with Crippen molar-refractivity contribution in [3.8, 4) is 5.88 Å². The van der Waals surface area contributed by atoms with E-state index in [9.17, 15) is 0 Å². The van der Waals surface area contributed by atoms with Gasteiger partial charge in [-0.3, -0.25) is 0 Å². The number of rotatable bonds is 4. The molecule has 1 aromatic rings.